The van der Waals surface area contributed by atoms with Crippen molar-refractivity contribution in [1.82, 2.24) is 20.3 Å². The van der Waals surface area contributed by atoms with E-state index < -0.39 is 9.84 Å². The van der Waals surface area contributed by atoms with Crippen LogP contribution in [0.3, 0.4) is 0 Å². The number of sulfone groups is 1. The lowest BCUT2D eigenvalue weighted by atomic mass is 9.90. The SMILES string of the molecule is CN=C(NCC(C)(C)CCS(C)(=O)=O)N1CCN(Cc2cc(C)on2)CC1. The molecule has 1 saturated heterocycles. The second-order valence-corrected chi connectivity index (χ2v) is 10.4. The van der Waals surface area contributed by atoms with Crippen molar-refractivity contribution in [2.45, 2.75) is 33.7 Å². The van der Waals surface area contributed by atoms with Crippen LogP contribution in [0.15, 0.2) is 15.6 Å². The lowest BCUT2D eigenvalue weighted by Crippen LogP contribution is -2.53. The van der Waals surface area contributed by atoms with Crippen LogP contribution in [-0.4, -0.2) is 81.1 Å². The van der Waals surface area contributed by atoms with Crippen molar-refractivity contribution in [3.63, 3.8) is 0 Å². The number of guanidine groups is 1. The van der Waals surface area contributed by atoms with E-state index in [1.165, 1.54) is 6.26 Å². The van der Waals surface area contributed by atoms with Crippen molar-refractivity contribution in [2.24, 2.45) is 10.4 Å². The topological polar surface area (TPSA) is 91.0 Å². The van der Waals surface area contributed by atoms with E-state index in [0.717, 1.165) is 50.1 Å². The maximum absolute atomic E-state index is 11.4. The monoisotopic (exact) mass is 399 g/mol. The molecule has 0 radical (unpaired) electrons. The largest absolute Gasteiger partial charge is 0.361 e. The molecule has 9 heteroatoms. The molecule has 1 aliphatic rings. The van der Waals surface area contributed by atoms with E-state index in [2.05, 4.69) is 39.1 Å². The van der Waals surface area contributed by atoms with Gasteiger partial charge in [0, 0.05) is 58.6 Å². The molecular formula is C18H33N5O3S. The predicted molar refractivity (Wildman–Crippen MR) is 108 cm³/mol. The average molecular weight is 400 g/mol. The van der Waals surface area contributed by atoms with E-state index in [1.54, 1.807) is 7.05 Å². The molecule has 27 heavy (non-hydrogen) atoms. The predicted octanol–water partition coefficient (Wildman–Crippen LogP) is 1.14. The van der Waals surface area contributed by atoms with E-state index in [1.807, 2.05) is 13.0 Å². The molecule has 0 aliphatic carbocycles. The van der Waals surface area contributed by atoms with Crippen molar-refractivity contribution >= 4 is 15.8 Å². The third-order valence-corrected chi connectivity index (χ3v) is 5.77. The molecule has 1 N–H and O–H groups in total. The van der Waals surface area contributed by atoms with Crippen LogP contribution in [0, 0.1) is 12.3 Å². The third kappa shape index (κ3) is 7.50. The fraction of sp³-hybridized carbons (Fsp3) is 0.778. The zero-order valence-electron chi connectivity index (χ0n) is 17.2. The van der Waals surface area contributed by atoms with Gasteiger partial charge in [-0.1, -0.05) is 19.0 Å². The quantitative estimate of drug-likeness (QED) is 0.543. The molecule has 8 nitrogen and oxygen atoms in total. The molecule has 0 bridgehead atoms. The van der Waals surface area contributed by atoms with Gasteiger partial charge >= 0.3 is 0 Å². The first kappa shape index (κ1) is 21.7. The Morgan fingerprint density at radius 3 is 2.52 bits per heavy atom. The lowest BCUT2D eigenvalue weighted by Gasteiger charge is -2.37. The average Bonchev–Trinajstić information content (AvgIpc) is 2.99. The summed E-state index contributed by atoms with van der Waals surface area (Å²) in [5.74, 6) is 1.92. The summed E-state index contributed by atoms with van der Waals surface area (Å²) in [5.41, 5.74) is 0.849. The van der Waals surface area contributed by atoms with Gasteiger partial charge in [0.05, 0.1) is 11.4 Å². The fourth-order valence-electron chi connectivity index (χ4n) is 3.04. The zero-order valence-corrected chi connectivity index (χ0v) is 18.0. The van der Waals surface area contributed by atoms with Gasteiger partial charge in [0.1, 0.15) is 15.6 Å². The second-order valence-electron chi connectivity index (χ2n) is 8.14. The number of nitrogens with one attached hydrogen (secondary N) is 1. The van der Waals surface area contributed by atoms with Crippen LogP contribution in [0.1, 0.15) is 31.7 Å². The van der Waals surface area contributed by atoms with Crippen LogP contribution in [0.5, 0.6) is 0 Å². The van der Waals surface area contributed by atoms with E-state index in [4.69, 9.17) is 4.52 Å². The maximum atomic E-state index is 11.4. The summed E-state index contributed by atoms with van der Waals surface area (Å²) in [6.07, 6.45) is 1.91. The Morgan fingerprint density at radius 1 is 1.33 bits per heavy atom. The van der Waals surface area contributed by atoms with Gasteiger partial charge in [0.2, 0.25) is 0 Å². The van der Waals surface area contributed by atoms with E-state index in [-0.39, 0.29) is 11.2 Å². The number of aryl methyl sites for hydroxylation is 1. The minimum atomic E-state index is -2.94. The van der Waals surface area contributed by atoms with Crippen LogP contribution in [-0.2, 0) is 16.4 Å². The molecule has 2 heterocycles. The van der Waals surface area contributed by atoms with Crippen LogP contribution < -0.4 is 5.32 Å². The highest BCUT2D eigenvalue weighted by molar-refractivity contribution is 7.90. The molecule has 0 atom stereocenters. The zero-order chi connectivity index (χ0) is 20.1. The van der Waals surface area contributed by atoms with E-state index >= 15 is 0 Å². The summed E-state index contributed by atoms with van der Waals surface area (Å²) < 4.78 is 28.0. The number of aliphatic imine (C=N–C) groups is 1. The van der Waals surface area contributed by atoms with Gasteiger partial charge in [0.25, 0.3) is 0 Å². The second kappa shape index (κ2) is 9.05. The van der Waals surface area contributed by atoms with Crippen LogP contribution in [0.4, 0.5) is 0 Å². The maximum Gasteiger partial charge on any atom is 0.193 e. The van der Waals surface area contributed by atoms with Crippen molar-refractivity contribution in [1.29, 1.82) is 0 Å². The molecule has 1 aliphatic heterocycles. The Balaban J connectivity index is 1.79. The molecule has 154 valence electrons. The van der Waals surface area contributed by atoms with Crippen molar-refractivity contribution < 1.29 is 12.9 Å². The fourth-order valence-corrected chi connectivity index (χ4v) is 3.96. The Bertz CT molecular complexity index is 734. The van der Waals surface area contributed by atoms with E-state index in [0.29, 0.717) is 13.0 Å². The Morgan fingerprint density at radius 2 is 2.00 bits per heavy atom. The Hall–Kier alpha value is -1.61. The molecule has 1 fully saturated rings. The normalized spacial score (nSPS) is 17.4. The number of hydrogen-bond donors (Lipinski definition) is 1. The van der Waals surface area contributed by atoms with Gasteiger partial charge in [-0.15, -0.1) is 0 Å². The summed E-state index contributed by atoms with van der Waals surface area (Å²) in [5, 5.41) is 7.48. The molecule has 1 aromatic rings. The first-order chi connectivity index (χ1) is 12.6. The van der Waals surface area contributed by atoms with Gasteiger partial charge in [-0.25, -0.2) is 8.42 Å². The summed E-state index contributed by atoms with van der Waals surface area (Å²) in [6.45, 7) is 11.2. The standard InChI is InChI=1S/C18H33N5O3S/c1-15-12-16(21-26-15)13-22-7-9-23(10-8-22)17(19-4)20-14-18(2,3)6-11-27(5,24)25/h12H,6-11,13-14H2,1-5H3,(H,19,20). The number of hydrogen-bond acceptors (Lipinski definition) is 6. The van der Waals surface area contributed by atoms with Crippen LogP contribution >= 0.6 is 0 Å². The molecule has 1 aromatic heterocycles. The van der Waals surface area contributed by atoms with E-state index in [9.17, 15) is 8.42 Å². The smallest absolute Gasteiger partial charge is 0.193 e. The summed E-state index contributed by atoms with van der Waals surface area (Å²) in [7, 11) is -1.15. The third-order valence-electron chi connectivity index (χ3n) is 4.82. The van der Waals surface area contributed by atoms with Gasteiger partial charge in [-0.05, 0) is 18.8 Å². The molecule has 0 unspecified atom stereocenters. The van der Waals surface area contributed by atoms with Gasteiger partial charge < -0.3 is 14.7 Å². The van der Waals surface area contributed by atoms with Crippen LogP contribution in [0.2, 0.25) is 0 Å². The summed E-state index contributed by atoms with van der Waals surface area (Å²) >= 11 is 0. The number of piperazine rings is 1. The number of rotatable bonds is 7. The van der Waals surface area contributed by atoms with Crippen molar-refractivity contribution in [3.8, 4) is 0 Å². The molecular weight excluding hydrogens is 366 g/mol. The molecule has 0 saturated carbocycles. The molecule has 2 rings (SSSR count). The minimum absolute atomic E-state index is 0.119. The Kier molecular flexibility index (Phi) is 7.27. The number of nitrogens with zero attached hydrogens (tertiary/aromatic N) is 4. The van der Waals surface area contributed by atoms with Gasteiger partial charge in [0.15, 0.2) is 5.96 Å². The summed E-state index contributed by atoms with van der Waals surface area (Å²) in [4.78, 5) is 9.01. The highest BCUT2D eigenvalue weighted by atomic mass is 32.2. The molecule has 0 spiro atoms. The molecule has 0 amide bonds. The van der Waals surface area contributed by atoms with Crippen LogP contribution in [0.25, 0.3) is 0 Å². The van der Waals surface area contributed by atoms with Gasteiger partial charge in [-0.2, -0.15) is 0 Å². The lowest BCUT2D eigenvalue weighted by molar-refractivity contribution is 0.168. The van der Waals surface area contributed by atoms with Gasteiger partial charge in [-0.3, -0.25) is 9.89 Å². The van der Waals surface area contributed by atoms with Crippen molar-refractivity contribution in [2.75, 3.05) is 51.8 Å². The Labute approximate surface area is 162 Å². The number of aromatic nitrogens is 1. The minimum Gasteiger partial charge on any atom is -0.361 e. The first-order valence-corrected chi connectivity index (χ1v) is 11.4. The summed E-state index contributed by atoms with van der Waals surface area (Å²) in [6, 6.07) is 1.98. The van der Waals surface area contributed by atoms with Crippen molar-refractivity contribution in [3.05, 3.63) is 17.5 Å². The highest BCUT2D eigenvalue weighted by Gasteiger charge is 2.24. The highest BCUT2D eigenvalue weighted by Crippen LogP contribution is 2.20. The molecule has 0 aromatic carbocycles. The first-order valence-electron chi connectivity index (χ1n) is 9.36.